The molecule has 0 saturated heterocycles. The number of nitrogens with zero attached hydrogens (tertiary/aromatic N) is 2. The summed E-state index contributed by atoms with van der Waals surface area (Å²) in [5.41, 5.74) is 3.25. The Labute approximate surface area is 147 Å². The first kappa shape index (κ1) is 15.4. The van der Waals surface area contributed by atoms with Gasteiger partial charge in [0.25, 0.3) is 0 Å². The number of methoxy groups -OCH3 is 1. The van der Waals surface area contributed by atoms with Crippen LogP contribution in [0.1, 0.15) is 9.67 Å². The highest BCUT2D eigenvalue weighted by atomic mass is 32.1. The van der Waals surface area contributed by atoms with Crippen LogP contribution >= 0.6 is 11.3 Å². The minimum absolute atomic E-state index is 0.282. The number of hydrogen-bond donors (Lipinski definition) is 1. The zero-order valence-electron chi connectivity index (χ0n) is 13.3. The quantitative estimate of drug-likeness (QED) is 0.590. The van der Waals surface area contributed by atoms with Gasteiger partial charge < -0.3 is 9.84 Å². The van der Waals surface area contributed by atoms with Crippen LogP contribution in [-0.2, 0) is 0 Å². The van der Waals surface area contributed by atoms with E-state index in [0.717, 1.165) is 22.5 Å². The largest absolute Gasteiger partial charge is 0.497 e. The number of carboxylic acid groups (broad SMARTS) is 1. The Balaban J connectivity index is 2.01. The third-order valence-electron chi connectivity index (χ3n) is 3.99. The maximum Gasteiger partial charge on any atom is 0.346 e. The van der Waals surface area contributed by atoms with E-state index in [2.05, 4.69) is 0 Å². The number of rotatable bonds is 4. The van der Waals surface area contributed by atoms with Gasteiger partial charge in [0.1, 0.15) is 16.5 Å². The van der Waals surface area contributed by atoms with Crippen molar-refractivity contribution in [3.05, 3.63) is 64.9 Å². The van der Waals surface area contributed by atoms with Gasteiger partial charge in [-0.05, 0) is 47.8 Å². The first-order chi connectivity index (χ1) is 12.2. The number of aromatic nitrogens is 2. The number of aromatic carboxylic acids is 1. The minimum Gasteiger partial charge on any atom is -0.497 e. The predicted molar refractivity (Wildman–Crippen MR) is 97.9 cm³/mol. The van der Waals surface area contributed by atoms with Gasteiger partial charge in [0.2, 0.25) is 0 Å². The molecule has 4 aromatic rings. The summed E-state index contributed by atoms with van der Waals surface area (Å²) in [4.78, 5) is 16.5. The molecule has 0 amide bonds. The fraction of sp³-hybridized carbons (Fsp3) is 0.0526. The average molecular weight is 350 g/mol. The van der Waals surface area contributed by atoms with Crippen molar-refractivity contribution in [2.45, 2.75) is 0 Å². The SMILES string of the molecule is COc1ccc(-n2c(-c3ccsc3C(=O)O)nc3ccccc32)cc1. The van der Waals surface area contributed by atoms with Crippen molar-refractivity contribution >= 4 is 28.3 Å². The van der Waals surface area contributed by atoms with Gasteiger partial charge in [0.15, 0.2) is 0 Å². The highest BCUT2D eigenvalue weighted by Gasteiger charge is 2.20. The molecule has 25 heavy (non-hydrogen) atoms. The van der Waals surface area contributed by atoms with E-state index in [1.807, 2.05) is 53.1 Å². The lowest BCUT2D eigenvalue weighted by Gasteiger charge is -2.10. The van der Waals surface area contributed by atoms with Crippen LogP contribution in [0.25, 0.3) is 28.1 Å². The van der Waals surface area contributed by atoms with Crippen molar-refractivity contribution in [2.75, 3.05) is 7.11 Å². The topological polar surface area (TPSA) is 64.3 Å². The van der Waals surface area contributed by atoms with Gasteiger partial charge in [0.05, 0.1) is 18.1 Å². The van der Waals surface area contributed by atoms with Gasteiger partial charge in [-0.2, -0.15) is 0 Å². The lowest BCUT2D eigenvalue weighted by molar-refractivity contribution is 0.0703. The van der Waals surface area contributed by atoms with Crippen LogP contribution in [0.5, 0.6) is 5.75 Å². The highest BCUT2D eigenvalue weighted by molar-refractivity contribution is 7.12. The molecule has 2 aromatic heterocycles. The number of para-hydroxylation sites is 2. The molecule has 0 fully saturated rings. The zero-order chi connectivity index (χ0) is 17.4. The molecule has 0 aliphatic heterocycles. The molecule has 5 nitrogen and oxygen atoms in total. The standard InChI is InChI=1S/C19H14N2O3S/c1-24-13-8-6-12(7-9-13)21-16-5-3-2-4-15(16)20-18(21)14-10-11-25-17(14)19(22)23/h2-11H,1H3,(H,22,23). The van der Waals surface area contributed by atoms with E-state index in [0.29, 0.717) is 11.4 Å². The van der Waals surface area contributed by atoms with Crippen LogP contribution in [-0.4, -0.2) is 27.7 Å². The summed E-state index contributed by atoms with van der Waals surface area (Å²) in [6.07, 6.45) is 0. The van der Waals surface area contributed by atoms with Crippen molar-refractivity contribution in [3.8, 4) is 22.8 Å². The van der Waals surface area contributed by atoms with Crippen molar-refractivity contribution < 1.29 is 14.6 Å². The summed E-state index contributed by atoms with van der Waals surface area (Å²) >= 11 is 1.20. The Bertz CT molecular complexity index is 1060. The fourth-order valence-corrected chi connectivity index (χ4v) is 3.58. The summed E-state index contributed by atoms with van der Waals surface area (Å²) in [5.74, 6) is 0.430. The lowest BCUT2D eigenvalue weighted by Crippen LogP contribution is -2.01. The summed E-state index contributed by atoms with van der Waals surface area (Å²) < 4.78 is 7.20. The summed E-state index contributed by atoms with van der Waals surface area (Å²) in [5, 5.41) is 11.3. The van der Waals surface area contributed by atoms with E-state index in [-0.39, 0.29) is 4.88 Å². The molecule has 0 aliphatic carbocycles. The van der Waals surface area contributed by atoms with Crippen molar-refractivity contribution in [1.82, 2.24) is 9.55 Å². The number of imidazole rings is 1. The van der Waals surface area contributed by atoms with Gasteiger partial charge in [-0.25, -0.2) is 9.78 Å². The number of carbonyl (C=O) groups is 1. The monoisotopic (exact) mass is 350 g/mol. The zero-order valence-corrected chi connectivity index (χ0v) is 14.2. The van der Waals surface area contributed by atoms with Crippen LogP contribution < -0.4 is 4.74 Å². The number of ether oxygens (including phenoxy) is 1. The molecule has 0 atom stereocenters. The lowest BCUT2D eigenvalue weighted by atomic mass is 10.2. The third kappa shape index (κ3) is 2.56. The Morgan fingerprint density at radius 2 is 1.88 bits per heavy atom. The number of benzene rings is 2. The second-order valence-electron chi connectivity index (χ2n) is 5.43. The Kier molecular flexibility index (Phi) is 3.74. The Hall–Kier alpha value is -3.12. The highest BCUT2D eigenvalue weighted by Crippen LogP contribution is 2.33. The average Bonchev–Trinajstić information content (AvgIpc) is 3.26. The number of thiophene rings is 1. The minimum atomic E-state index is -0.946. The number of carboxylic acids is 1. The van der Waals surface area contributed by atoms with Crippen molar-refractivity contribution in [3.63, 3.8) is 0 Å². The van der Waals surface area contributed by atoms with E-state index in [9.17, 15) is 9.90 Å². The number of fused-ring (bicyclic) bond motifs is 1. The maximum absolute atomic E-state index is 11.6. The summed E-state index contributed by atoms with van der Waals surface area (Å²) in [6, 6.07) is 17.2. The van der Waals surface area contributed by atoms with Crippen LogP contribution in [0.2, 0.25) is 0 Å². The molecular weight excluding hydrogens is 336 g/mol. The Morgan fingerprint density at radius 3 is 2.60 bits per heavy atom. The second-order valence-corrected chi connectivity index (χ2v) is 6.34. The molecule has 1 N–H and O–H groups in total. The molecule has 0 saturated carbocycles. The van der Waals surface area contributed by atoms with Crippen molar-refractivity contribution in [1.29, 1.82) is 0 Å². The molecule has 124 valence electrons. The van der Waals surface area contributed by atoms with E-state index >= 15 is 0 Å². The van der Waals surface area contributed by atoms with Crippen molar-refractivity contribution in [2.24, 2.45) is 0 Å². The normalized spacial score (nSPS) is 10.9. The van der Waals surface area contributed by atoms with Gasteiger partial charge in [-0.15, -0.1) is 11.3 Å². The second kappa shape index (κ2) is 6.07. The fourth-order valence-electron chi connectivity index (χ4n) is 2.85. The van der Waals surface area contributed by atoms with E-state index < -0.39 is 5.97 Å². The predicted octanol–water partition coefficient (Wildman–Crippen LogP) is 4.46. The van der Waals surface area contributed by atoms with Gasteiger partial charge in [-0.1, -0.05) is 12.1 Å². The molecule has 2 heterocycles. The van der Waals surface area contributed by atoms with Crippen LogP contribution in [0, 0.1) is 0 Å². The van der Waals surface area contributed by atoms with E-state index in [1.54, 1.807) is 18.6 Å². The molecule has 2 aromatic carbocycles. The smallest absolute Gasteiger partial charge is 0.346 e. The summed E-state index contributed by atoms with van der Waals surface area (Å²) in [7, 11) is 1.62. The third-order valence-corrected chi connectivity index (χ3v) is 4.89. The van der Waals surface area contributed by atoms with Gasteiger partial charge >= 0.3 is 5.97 Å². The van der Waals surface area contributed by atoms with E-state index in [4.69, 9.17) is 9.72 Å². The first-order valence-corrected chi connectivity index (χ1v) is 8.50. The molecule has 6 heteroatoms. The van der Waals surface area contributed by atoms with Gasteiger partial charge in [0, 0.05) is 11.3 Å². The summed E-state index contributed by atoms with van der Waals surface area (Å²) in [6.45, 7) is 0. The van der Waals surface area contributed by atoms with Crippen LogP contribution in [0.15, 0.2) is 60.0 Å². The molecule has 0 spiro atoms. The maximum atomic E-state index is 11.6. The molecular formula is C19H14N2O3S. The molecule has 0 aliphatic rings. The van der Waals surface area contributed by atoms with E-state index in [1.165, 1.54) is 11.3 Å². The molecule has 0 unspecified atom stereocenters. The first-order valence-electron chi connectivity index (χ1n) is 7.62. The molecule has 4 rings (SSSR count). The molecule has 0 radical (unpaired) electrons. The van der Waals surface area contributed by atoms with Crippen LogP contribution in [0.3, 0.4) is 0 Å². The van der Waals surface area contributed by atoms with Crippen LogP contribution in [0.4, 0.5) is 0 Å². The Morgan fingerprint density at radius 1 is 1.12 bits per heavy atom. The molecule has 0 bridgehead atoms. The van der Waals surface area contributed by atoms with Gasteiger partial charge in [-0.3, -0.25) is 4.57 Å². The number of hydrogen-bond acceptors (Lipinski definition) is 4.